The molecule has 100 valence electrons. The van der Waals surface area contributed by atoms with Crippen LogP contribution in [0.15, 0.2) is 49.2 Å². The minimum absolute atomic E-state index is 1.05. The molecule has 0 atom stereocenters. The topological polar surface area (TPSA) is 12.9 Å². The van der Waals surface area contributed by atoms with E-state index in [4.69, 9.17) is 0 Å². The van der Waals surface area contributed by atoms with Crippen molar-refractivity contribution in [3.63, 3.8) is 0 Å². The van der Waals surface area contributed by atoms with Crippen LogP contribution in [-0.4, -0.2) is 4.98 Å². The Morgan fingerprint density at radius 3 is 2.16 bits per heavy atom. The van der Waals surface area contributed by atoms with Gasteiger partial charge < -0.3 is 0 Å². The summed E-state index contributed by atoms with van der Waals surface area (Å²) >= 11 is 0. The smallest absolute Gasteiger partial charge is 0.0731 e. The SMILES string of the molecule is C=C(C)c1ccc(-c2ncccc2C)cc1.CCC. The van der Waals surface area contributed by atoms with Crippen molar-refractivity contribution < 1.29 is 0 Å². The van der Waals surface area contributed by atoms with E-state index in [1.807, 2.05) is 19.2 Å². The van der Waals surface area contributed by atoms with Crippen LogP contribution in [0.3, 0.4) is 0 Å². The molecule has 0 aliphatic rings. The zero-order chi connectivity index (χ0) is 14.3. The van der Waals surface area contributed by atoms with Crippen molar-refractivity contribution in [3.8, 4) is 11.3 Å². The predicted octanol–water partition coefficient (Wildman–Crippen LogP) is 5.51. The van der Waals surface area contributed by atoms with Gasteiger partial charge in [-0.25, -0.2) is 0 Å². The Bertz CT molecular complexity index is 524. The van der Waals surface area contributed by atoms with Gasteiger partial charge in [-0.15, -0.1) is 0 Å². The molecule has 0 saturated carbocycles. The second-order valence-corrected chi connectivity index (χ2v) is 4.73. The molecule has 19 heavy (non-hydrogen) atoms. The van der Waals surface area contributed by atoms with Gasteiger partial charge in [0, 0.05) is 11.8 Å². The van der Waals surface area contributed by atoms with Crippen LogP contribution in [0, 0.1) is 6.92 Å². The van der Waals surface area contributed by atoms with Crippen LogP contribution in [-0.2, 0) is 0 Å². The van der Waals surface area contributed by atoms with E-state index in [9.17, 15) is 0 Å². The lowest BCUT2D eigenvalue weighted by Crippen LogP contribution is -1.87. The highest BCUT2D eigenvalue weighted by molar-refractivity contribution is 5.68. The summed E-state index contributed by atoms with van der Waals surface area (Å²) in [5.74, 6) is 0. The van der Waals surface area contributed by atoms with Gasteiger partial charge in [0.15, 0.2) is 0 Å². The third-order valence-corrected chi connectivity index (χ3v) is 2.66. The first-order valence-corrected chi connectivity index (χ1v) is 6.78. The van der Waals surface area contributed by atoms with Crippen LogP contribution in [0.5, 0.6) is 0 Å². The Hall–Kier alpha value is -1.89. The van der Waals surface area contributed by atoms with Gasteiger partial charge in [0.25, 0.3) is 0 Å². The maximum absolute atomic E-state index is 4.40. The minimum atomic E-state index is 1.05. The molecule has 0 aliphatic heterocycles. The summed E-state index contributed by atoms with van der Waals surface area (Å²) in [6.45, 7) is 12.3. The zero-order valence-electron chi connectivity index (χ0n) is 12.4. The van der Waals surface area contributed by atoms with Gasteiger partial charge in [0.05, 0.1) is 5.69 Å². The molecule has 2 rings (SSSR count). The van der Waals surface area contributed by atoms with Gasteiger partial charge in [-0.1, -0.05) is 62.8 Å². The number of pyridine rings is 1. The van der Waals surface area contributed by atoms with E-state index in [1.165, 1.54) is 17.5 Å². The first-order valence-electron chi connectivity index (χ1n) is 6.78. The van der Waals surface area contributed by atoms with E-state index in [0.29, 0.717) is 0 Å². The van der Waals surface area contributed by atoms with Crippen LogP contribution in [0.4, 0.5) is 0 Å². The highest BCUT2D eigenvalue weighted by Gasteiger charge is 2.02. The lowest BCUT2D eigenvalue weighted by atomic mass is 10.0. The summed E-state index contributed by atoms with van der Waals surface area (Å²) in [4.78, 5) is 4.40. The molecule has 0 amide bonds. The van der Waals surface area contributed by atoms with Crippen molar-refractivity contribution >= 4 is 5.57 Å². The van der Waals surface area contributed by atoms with E-state index in [0.717, 1.165) is 16.8 Å². The number of aryl methyl sites for hydroxylation is 1. The molecule has 0 fully saturated rings. The van der Waals surface area contributed by atoms with Gasteiger partial charge in [-0.05, 0) is 31.0 Å². The molecule has 0 unspecified atom stereocenters. The van der Waals surface area contributed by atoms with E-state index in [1.54, 1.807) is 0 Å². The predicted molar refractivity (Wildman–Crippen MR) is 85.1 cm³/mol. The van der Waals surface area contributed by atoms with E-state index in [2.05, 4.69) is 62.7 Å². The Morgan fingerprint density at radius 1 is 1.11 bits per heavy atom. The van der Waals surface area contributed by atoms with Gasteiger partial charge >= 0.3 is 0 Å². The van der Waals surface area contributed by atoms with Crippen molar-refractivity contribution in [3.05, 3.63) is 60.3 Å². The second-order valence-electron chi connectivity index (χ2n) is 4.73. The lowest BCUT2D eigenvalue weighted by molar-refractivity contribution is 1.09. The van der Waals surface area contributed by atoms with Crippen LogP contribution in [0.2, 0.25) is 0 Å². The first-order chi connectivity index (χ1) is 9.10. The maximum Gasteiger partial charge on any atom is 0.0731 e. The van der Waals surface area contributed by atoms with Crippen molar-refractivity contribution in [2.24, 2.45) is 0 Å². The lowest BCUT2D eigenvalue weighted by Gasteiger charge is -2.05. The number of hydrogen-bond acceptors (Lipinski definition) is 1. The fourth-order valence-corrected chi connectivity index (χ4v) is 1.70. The molecule has 0 N–H and O–H groups in total. The minimum Gasteiger partial charge on any atom is -0.256 e. The quantitative estimate of drug-likeness (QED) is 0.688. The molecule has 0 radical (unpaired) electrons. The van der Waals surface area contributed by atoms with E-state index < -0.39 is 0 Å². The number of hydrogen-bond donors (Lipinski definition) is 0. The van der Waals surface area contributed by atoms with Gasteiger partial charge in [-0.2, -0.15) is 0 Å². The van der Waals surface area contributed by atoms with Crippen molar-refractivity contribution in [1.29, 1.82) is 0 Å². The van der Waals surface area contributed by atoms with Crippen molar-refractivity contribution in [1.82, 2.24) is 4.98 Å². The number of nitrogens with zero attached hydrogens (tertiary/aromatic N) is 1. The summed E-state index contributed by atoms with van der Waals surface area (Å²) in [5.41, 5.74) is 5.67. The molecule has 0 aliphatic carbocycles. The fraction of sp³-hybridized carbons (Fsp3) is 0.278. The molecule has 1 heteroatoms. The molecule has 1 aromatic carbocycles. The summed E-state index contributed by atoms with van der Waals surface area (Å²) in [5, 5.41) is 0. The Labute approximate surface area is 117 Å². The molecule has 1 heterocycles. The molecule has 2 aromatic rings. The van der Waals surface area contributed by atoms with E-state index in [-0.39, 0.29) is 0 Å². The molecule has 1 aromatic heterocycles. The van der Waals surface area contributed by atoms with Gasteiger partial charge in [-0.3, -0.25) is 4.98 Å². The van der Waals surface area contributed by atoms with Crippen molar-refractivity contribution in [2.75, 3.05) is 0 Å². The number of benzene rings is 1. The summed E-state index contributed by atoms with van der Waals surface area (Å²) in [6.07, 6.45) is 3.08. The third kappa shape index (κ3) is 4.36. The standard InChI is InChI=1S/C15H15N.C3H8/c1-11(2)13-6-8-14(9-7-13)15-12(3)5-4-10-16-15;1-3-2/h4-10H,1H2,2-3H3;3H2,1-2H3. The fourth-order valence-electron chi connectivity index (χ4n) is 1.70. The van der Waals surface area contributed by atoms with Gasteiger partial charge in [0.2, 0.25) is 0 Å². The maximum atomic E-state index is 4.40. The molecule has 1 nitrogen and oxygen atoms in total. The summed E-state index contributed by atoms with van der Waals surface area (Å²) < 4.78 is 0. The Balaban J connectivity index is 0.000000550. The Kier molecular flexibility index (Phi) is 6.01. The summed E-state index contributed by atoms with van der Waals surface area (Å²) in [6, 6.07) is 12.4. The van der Waals surface area contributed by atoms with Crippen LogP contribution in [0.1, 0.15) is 38.3 Å². The first kappa shape index (κ1) is 15.2. The average molecular weight is 253 g/mol. The third-order valence-electron chi connectivity index (χ3n) is 2.66. The Morgan fingerprint density at radius 2 is 1.68 bits per heavy atom. The number of rotatable bonds is 2. The number of allylic oxidation sites excluding steroid dienone is 1. The molecular formula is C18H23N. The zero-order valence-corrected chi connectivity index (χ0v) is 12.4. The van der Waals surface area contributed by atoms with Gasteiger partial charge in [0.1, 0.15) is 0 Å². The number of aromatic nitrogens is 1. The molecule has 0 bridgehead atoms. The molecule has 0 saturated heterocycles. The monoisotopic (exact) mass is 253 g/mol. The summed E-state index contributed by atoms with van der Waals surface area (Å²) in [7, 11) is 0. The second kappa shape index (κ2) is 7.52. The van der Waals surface area contributed by atoms with Crippen LogP contribution in [0.25, 0.3) is 16.8 Å². The molecular weight excluding hydrogens is 230 g/mol. The average Bonchev–Trinajstić information content (AvgIpc) is 2.40. The van der Waals surface area contributed by atoms with Crippen molar-refractivity contribution in [2.45, 2.75) is 34.1 Å². The highest BCUT2D eigenvalue weighted by atomic mass is 14.7. The van der Waals surface area contributed by atoms with Crippen LogP contribution >= 0.6 is 0 Å². The normalized spacial score (nSPS) is 9.47. The van der Waals surface area contributed by atoms with E-state index >= 15 is 0 Å². The molecule has 0 spiro atoms. The largest absolute Gasteiger partial charge is 0.256 e. The highest BCUT2D eigenvalue weighted by Crippen LogP contribution is 2.22. The van der Waals surface area contributed by atoms with Crippen LogP contribution < -0.4 is 0 Å².